The number of methoxy groups -OCH3 is 1. The van der Waals surface area contributed by atoms with Crippen LogP contribution >= 0.6 is 0 Å². The van der Waals surface area contributed by atoms with Gasteiger partial charge in [0.15, 0.2) is 16.4 Å². The average Bonchev–Trinajstić information content (AvgIpc) is 2.72. The Balaban J connectivity index is 1.74. The van der Waals surface area contributed by atoms with Crippen molar-refractivity contribution in [2.45, 2.75) is 11.5 Å². The van der Waals surface area contributed by atoms with Gasteiger partial charge in [-0.3, -0.25) is 4.79 Å². The summed E-state index contributed by atoms with van der Waals surface area (Å²) in [6.45, 7) is -3.64. The fourth-order valence-electron chi connectivity index (χ4n) is 3.17. The molecule has 1 amide bonds. The maximum atomic E-state index is 13.9. The minimum absolute atomic E-state index is 0.0136. The van der Waals surface area contributed by atoms with Crippen LogP contribution in [-0.2, 0) is 10.0 Å². The molecule has 2 aromatic rings. The van der Waals surface area contributed by atoms with Crippen LogP contribution in [0.15, 0.2) is 41.3 Å². The number of rotatable bonds is 6. The lowest BCUT2D eigenvalue weighted by Gasteiger charge is -2.34. The molecule has 0 aromatic heterocycles. The van der Waals surface area contributed by atoms with E-state index in [9.17, 15) is 30.8 Å². The van der Waals surface area contributed by atoms with Crippen LogP contribution in [-0.4, -0.2) is 63.4 Å². The van der Waals surface area contributed by atoms with Crippen LogP contribution < -0.4 is 9.47 Å². The number of benzene rings is 2. The molecular formula is C19H18F4N2O5S. The zero-order valence-electron chi connectivity index (χ0n) is 16.2. The van der Waals surface area contributed by atoms with Gasteiger partial charge >= 0.3 is 6.61 Å². The molecule has 1 aliphatic heterocycles. The van der Waals surface area contributed by atoms with Crippen molar-refractivity contribution < 1.29 is 40.2 Å². The summed E-state index contributed by atoms with van der Waals surface area (Å²) >= 11 is 0. The van der Waals surface area contributed by atoms with Crippen LogP contribution in [0.4, 0.5) is 17.6 Å². The Morgan fingerprint density at radius 2 is 1.61 bits per heavy atom. The van der Waals surface area contributed by atoms with E-state index in [4.69, 9.17) is 4.74 Å². The number of carbonyl (C=O) groups is 1. The molecule has 31 heavy (non-hydrogen) atoms. The lowest BCUT2D eigenvalue weighted by molar-refractivity contribution is -0.0512. The first-order valence-corrected chi connectivity index (χ1v) is 10.5. The van der Waals surface area contributed by atoms with Gasteiger partial charge in [0, 0.05) is 31.7 Å². The second-order valence-corrected chi connectivity index (χ2v) is 8.37. The van der Waals surface area contributed by atoms with Gasteiger partial charge in [0.1, 0.15) is 11.6 Å². The van der Waals surface area contributed by atoms with E-state index in [0.717, 1.165) is 28.6 Å². The highest BCUT2D eigenvalue weighted by atomic mass is 32.2. The number of hydrogen-bond donors (Lipinski definition) is 0. The summed E-state index contributed by atoms with van der Waals surface area (Å²) in [5.41, 5.74) is 0.0351. The van der Waals surface area contributed by atoms with E-state index in [1.807, 2.05) is 0 Å². The molecule has 0 N–H and O–H groups in total. The van der Waals surface area contributed by atoms with E-state index in [1.165, 1.54) is 24.1 Å². The van der Waals surface area contributed by atoms with Crippen molar-refractivity contribution in [3.8, 4) is 11.5 Å². The molecule has 1 aliphatic rings. The highest BCUT2D eigenvalue weighted by Crippen LogP contribution is 2.30. The topological polar surface area (TPSA) is 76.2 Å². The predicted octanol–water partition coefficient (Wildman–Crippen LogP) is 2.72. The molecular weight excluding hydrogens is 444 g/mol. The van der Waals surface area contributed by atoms with Gasteiger partial charge in [-0.25, -0.2) is 17.2 Å². The molecule has 1 fully saturated rings. The molecule has 2 aromatic carbocycles. The minimum atomic E-state index is -4.44. The summed E-state index contributed by atoms with van der Waals surface area (Å²) in [6.07, 6.45) is 0. The van der Waals surface area contributed by atoms with Gasteiger partial charge in [-0.1, -0.05) is 6.07 Å². The molecule has 0 radical (unpaired) electrons. The summed E-state index contributed by atoms with van der Waals surface area (Å²) in [5.74, 6) is -3.26. The van der Waals surface area contributed by atoms with E-state index in [1.54, 1.807) is 0 Å². The van der Waals surface area contributed by atoms with Crippen LogP contribution in [0.25, 0.3) is 0 Å². The second kappa shape index (κ2) is 9.10. The molecule has 0 atom stereocenters. The maximum absolute atomic E-state index is 13.9. The van der Waals surface area contributed by atoms with Crippen LogP contribution in [0.5, 0.6) is 11.5 Å². The molecule has 1 saturated heterocycles. The molecule has 12 heteroatoms. The first-order valence-electron chi connectivity index (χ1n) is 9.01. The highest BCUT2D eigenvalue weighted by Gasteiger charge is 2.34. The number of amides is 1. The first kappa shape index (κ1) is 22.8. The highest BCUT2D eigenvalue weighted by molar-refractivity contribution is 7.89. The van der Waals surface area contributed by atoms with Gasteiger partial charge in [0.05, 0.1) is 7.11 Å². The standard InChI is InChI=1S/C19H18F4N2O5S/c1-29-15-6-5-12(11-16(15)30-19(22)23)18(26)24-7-9-25(10-8-24)31(27,28)17-13(20)3-2-4-14(17)21/h2-6,11,19H,7-10H2,1H3. The van der Waals surface area contributed by atoms with Crippen molar-refractivity contribution in [2.24, 2.45) is 0 Å². The molecule has 3 rings (SSSR count). The van der Waals surface area contributed by atoms with Gasteiger partial charge in [-0.2, -0.15) is 13.1 Å². The molecule has 0 bridgehead atoms. The second-order valence-electron chi connectivity index (χ2n) is 6.49. The fourth-order valence-corrected chi connectivity index (χ4v) is 4.70. The van der Waals surface area contributed by atoms with E-state index in [2.05, 4.69) is 4.74 Å². The zero-order chi connectivity index (χ0) is 22.8. The van der Waals surface area contributed by atoms with E-state index in [-0.39, 0.29) is 43.2 Å². The van der Waals surface area contributed by atoms with Crippen molar-refractivity contribution in [2.75, 3.05) is 33.3 Å². The molecule has 1 heterocycles. The summed E-state index contributed by atoms with van der Waals surface area (Å²) in [5, 5.41) is 0. The third-order valence-corrected chi connectivity index (χ3v) is 6.62. The van der Waals surface area contributed by atoms with Crippen LogP contribution in [0, 0.1) is 11.6 Å². The van der Waals surface area contributed by atoms with Crippen LogP contribution in [0.1, 0.15) is 10.4 Å². The van der Waals surface area contributed by atoms with Crippen molar-refractivity contribution in [1.29, 1.82) is 0 Å². The van der Waals surface area contributed by atoms with E-state index >= 15 is 0 Å². The van der Waals surface area contributed by atoms with Crippen molar-refractivity contribution in [1.82, 2.24) is 9.21 Å². The number of nitrogens with zero attached hydrogens (tertiary/aromatic N) is 2. The molecule has 168 valence electrons. The predicted molar refractivity (Wildman–Crippen MR) is 101 cm³/mol. The van der Waals surface area contributed by atoms with E-state index in [0.29, 0.717) is 0 Å². The van der Waals surface area contributed by atoms with Crippen LogP contribution in [0.3, 0.4) is 0 Å². The van der Waals surface area contributed by atoms with Gasteiger partial charge in [0.2, 0.25) is 10.0 Å². The van der Waals surface area contributed by atoms with Crippen LogP contribution in [0.2, 0.25) is 0 Å². The first-order chi connectivity index (χ1) is 14.6. The Bertz CT molecular complexity index is 1050. The van der Waals surface area contributed by atoms with Gasteiger partial charge in [-0.15, -0.1) is 0 Å². The Morgan fingerprint density at radius 3 is 2.16 bits per heavy atom. The SMILES string of the molecule is COc1ccc(C(=O)N2CCN(S(=O)(=O)c3c(F)cccc3F)CC2)cc1OC(F)F. The Hall–Kier alpha value is -2.86. The average molecular weight is 462 g/mol. The fraction of sp³-hybridized carbons (Fsp3) is 0.316. The summed E-state index contributed by atoms with van der Waals surface area (Å²) < 4.78 is 88.5. The number of carbonyl (C=O) groups excluding carboxylic acids is 1. The minimum Gasteiger partial charge on any atom is -0.493 e. The van der Waals surface area contributed by atoms with Gasteiger partial charge < -0.3 is 14.4 Å². The molecule has 0 spiro atoms. The lowest BCUT2D eigenvalue weighted by Crippen LogP contribution is -2.50. The molecule has 0 unspecified atom stereocenters. The quantitative estimate of drug-likeness (QED) is 0.618. The third-order valence-electron chi connectivity index (χ3n) is 4.67. The Labute approximate surface area is 175 Å². The number of sulfonamides is 1. The lowest BCUT2D eigenvalue weighted by atomic mass is 10.1. The number of alkyl halides is 2. The summed E-state index contributed by atoms with van der Waals surface area (Å²) in [4.78, 5) is 13.0. The molecule has 7 nitrogen and oxygen atoms in total. The molecule has 0 saturated carbocycles. The summed E-state index contributed by atoms with van der Waals surface area (Å²) in [7, 11) is -3.18. The van der Waals surface area contributed by atoms with Gasteiger partial charge in [0.25, 0.3) is 5.91 Å². The smallest absolute Gasteiger partial charge is 0.387 e. The monoisotopic (exact) mass is 462 g/mol. The normalized spacial score (nSPS) is 15.2. The van der Waals surface area contributed by atoms with E-state index < -0.39 is 39.1 Å². The Kier molecular flexibility index (Phi) is 6.70. The zero-order valence-corrected chi connectivity index (χ0v) is 17.0. The third kappa shape index (κ3) is 4.74. The van der Waals surface area contributed by atoms with Gasteiger partial charge in [-0.05, 0) is 30.3 Å². The maximum Gasteiger partial charge on any atom is 0.387 e. The number of piperazine rings is 1. The largest absolute Gasteiger partial charge is 0.493 e. The molecule has 0 aliphatic carbocycles. The number of ether oxygens (including phenoxy) is 2. The Morgan fingerprint density at radius 1 is 1.00 bits per heavy atom. The number of halogens is 4. The van der Waals surface area contributed by atoms with Crippen molar-refractivity contribution in [3.05, 3.63) is 53.6 Å². The van der Waals surface area contributed by atoms with Crippen molar-refractivity contribution in [3.63, 3.8) is 0 Å². The van der Waals surface area contributed by atoms with Crippen molar-refractivity contribution >= 4 is 15.9 Å². The summed E-state index contributed by atoms with van der Waals surface area (Å²) in [6, 6.07) is 6.51. The number of hydrogen-bond acceptors (Lipinski definition) is 5.